The lowest BCUT2D eigenvalue weighted by molar-refractivity contribution is -0.0634. The Morgan fingerprint density at radius 2 is 2.33 bits per heavy atom. The molecule has 1 fully saturated rings. The van der Waals surface area contributed by atoms with Gasteiger partial charge in [-0.1, -0.05) is 0 Å². The molecule has 1 aliphatic rings. The third-order valence-corrected chi connectivity index (χ3v) is 4.45. The fourth-order valence-electron chi connectivity index (χ4n) is 2.26. The van der Waals surface area contributed by atoms with Crippen LogP contribution in [0.4, 0.5) is 0 Å². The average molecular weight is 225 g/mol. The molecule has 0 atom stereocenters. The second-order valence-corrected chi connectivity index (χ2v) is 5.33. The highest BCUT2D eigenvalue weighted by Crippen LogP contribution is 2.41. The molecule has 84 valence electrons. The first kappa shape index (κ1) is 11.1. The maximum Gasteiger partial charge on any atom is 0.0593 e. The van der Waals surface area contributed by atoms with Crippen molar-refractivity contribution in [3.05, 3.63) is 21.9 Å². The van der Waals surface area contributed by atoms with Gasteiger partial charge in [0.2, 0.25) is 0 Å². The molecular weight excluding hydrogens is 206 g/mol. The molecule has 2 rings (SSSR count). The SMILES string of the molecule is CNCCCC1(c2sccc2C)COC1. The van der Waals surface area contributed by atoms with Crippen molar-refractivity contribution in [2.45, 2.75) is 25.2 Å². The number of thiophene rings is 1. The number of aryl methyl sites for hydroxylation is 1. The van der Waals surface area contributed by atoms with Crippen LogP contribution < -0.4 is 5.32 Å². The van der Waals surface area contributed by atoms with Gasteiger partial charge in [0.15, 0.2) is 0 Å². The monoisotopic (exact) mass is 225 g/mol. The molecule has 1 aliphatic heterocycles. The van der Waals surface area contributed by atoms with Crippen LogP contribution in [-0.2, 0) is 10.2 Å². The molecule has 0 unspecified atom stereocenters. The molecule has 0 saturated carbocycles. The Labute approximate surface area is 95.6 Å². The van der Waals surface area contributed by atoms with E-state index in [-0.39, 0.29) is 0 Å². The zero-order valence-corrected chi connectivity index (χ0v) is 10.3. The van der Waals surface area contributed by atoms with Gasteiger partial charge >= 0.3 is 0 Å². The van der Waals surface area contributed by atoms with E-state index in [0.717, 1.165) is 19.8 Å². The molecule has 15 heavy (non-hydrogen) atoms. The zero-order chi connectivity index (χ0) is 10.7. The van der Waals surface area contributed by atoms with Crippen LogP contribution in [0.5, 0.6) is 0 Å². The van der Waals surface area contributed by atoms with Gasteiger partial charge in [-0.2, -0.15) is 0 Å². The van der Waals surface area contributed by atoms with E-state index in [9.17, 15) is 0 Å². The van der Waals surface area contributed by atoms with E-state index in [1.54, 1.807) is 4.88 Å². The Kier molecular flexibility index (Phi) is 3.44. The second kappa shape index (κ2) is 4.64. The molecule has 0 bridgehead atoms. The normalized spacial score (nSPS) is 18.8. The van der Waals surface area contributed by atoms with Crippen molar-refractivity contribution in [2.75, 3.05) is 26.8 Å². The van der Waals surface area contributed by atoms with E-state index in [4.69, 9.17) is 4.74 Å². The fourth-order valence-corrected chi connectivity index (χ4v) is 3.39. The summed E-state index contributed by atoms with van der Waals surface area (Å²) in [6.07, 6.45) is 2.48. The Morgan fingerprint density at radius 1 is 1.53 bits per heavy atom. The Hall–Kier alpha value is -0.380. The van der Waals surface area contributed by atoms with Gasteiger partial charge in [-0.05, 0) is 50.4 Å². The number of ether oxygens (including phenoxy) is 1. The Bertz CT molecular complexity index is 317. The maximum atomic E-state index is 5.43. The van der Waals surface area contributed by atoms with Crippen molar-refractivity contribution in [2.24, 2.45) is 0 Å². The summed E-state index contributed by atoms with van der Waals surface area (Å²) >= 11 is 1.89. The van der Waals surface area contributed by atoms with Crippen molar-refractivity contribution in [1.29, 1.82) is 0 Å². The van der Waals surface area contributed by atoms with Crippen LogP contribution in [0, 0.1) is 6.92 Å². The van der Waals surface area contributed by atoms with E-state index in [2.05, 4.69) is 23.7 Å². The van der Waals surface area contributed by atoms with Gasteiger partial charge in [-0.25, -0.2) is 0 Å². The van der Waals surface area contributed by atoms with Gasteiger partial charge in [0.1, 0.15) is 0 Å². The number of nitrogens with one attached hydrogen (secondary N) is 1. The van der Waals surface area contributed by atoms with Crippen LogP contribution in [0.3, 0.4) is 0 Å². The number of rotatable bonds is 5. The third-order valence-electron chi connectivity index (χ3n) is 3.18. The average Bonchev–Trinajstić information content (AvgIpc) is 2.57. The lowest BCUT2D eigenvalue weighted by atomic mass is 9.78. The molecule has 1 aromatic heterocycles. The summed E-state index contributed by atoms with van der Waals surface area (Å²) < 4.78 is 5.43. The highest BCUT2D eigenvalue weighted by molar-refractivity contribution is 7.10. The molecule has 0 aromatic carbocycles. The minimum atomic E-state index is 0.342. The van der Waals surface area contributed by atoms with Crippen LogP contribution in [0.1, 0.15) is 23.3 Å². The lowest BCUT2D eigenvalue weighted by Crippen LogP contribution is -2.46. The van der Waals surface area contributed by atoms with Crippen LogP contribution in [0.15, 0.2) is 11.4 Å². The lowest BCUT2D eigenvalue weighted by Gasteiger charge is -2.41. The van der Waals surface area contributed by atoms with Gasteiger partial charge in [-0.3, -0.25) is 0 Å². The zero-order valence-electron chi connectivity index (χ0n) is 9.51. The largest absolute Gasteiger partial charge is 0.379 e. The van der Waals surface area contributed by atoms with E-state index in [0.29, 0.717) is 5.41 Å². The minimum absolute atomic E-state index is 0.342. The number of hydrogen-bond donors (Lipinski definition) is 1. The first-order valence-corrected chi connectivity index (χ1v) is 6.43. The summed E-state index contributed by atoms with van der Waals surface area (Å²) in [5.41, 5.74) is 1.78. The van der Waals surface area contributed by atoms with Gasteiger partial charge in [0.25, 0.3) is 0 Å². The molecule has 0 spiro atoms. The van der Waals surface area contributed by atoms with Gasteiger partial charge in [-0.15, -0.1) is 11.3 Å². The van der Waals surface area contributed by atoms with Crippen LogP contribution in [0.25, 0.3) is 0 Å². The maximum absolute atomic E-state index is 5.43. The molecule has 3 heteroatoms. The van der Waals surface area contributed by atoms with Crippen molar-refractivity contribution in [3.63, 3.8) is 0 Å². The smallest absolute Gasteiger partial charge is 0.0593 e. The van der Waals surface area contributed by atoms with Crippen LogP contribution in [0.2, 0.25) is 0 Å². The van der Waals surface area contributed by atoms with Crippen molar-refractivity contribution in [3.8, 4) is 0 Å². The molecule has 0 radical (unpaired) electrons. The Morgan fingerprint density at radius 3 is 2.80 bits per heavy atom. The summed E-state index contributed by atoms with van der Waals surface area (Å²) in [5.74, 6) is 0. The molecule has 1 aromatic rings. The van der Waals surface area contributed by atoms with E-state index < -0.39 is 0 Å². The molecule has 2 heterocycles. The van der Waals surface area contributed by atoms with E-state index in [1.807, 2.05) is 18.4 Å². The Balaban J connectivity index is 2.05. The van der Waals surface area contributed by atoms with E-state index in [1.165, 1.54) is 18.4 Å². The topological polar surface area (TPSA) is 21.3 Å². The van der Waals surface area contributed by atoms with Crippen molar-refractivity contribution in [1.82, 2.24) is 5.32 Å². The van der Waals surface area contributed by atoms with Crippen LogP contribution >= 0.6 is 11.3 Å². The minimum Gasteiger partial charge on any atom is -0.379 e. The third kappa shape index (κ3) is 2.10. The summed E-state index contributed by atoms with van der Waals surface area (Å²) in [4.78, 5) is 1.55. The summed E-state index contributed by atoms with van der Waals surface area (Å²) in [6, 6.07) is 2.22. The summed E-state index contributed by atoms with van der Waals surface area (Å²) in [7, 11) is 2.01. The van der Waals surface area contributed by atoms with E-state index >= 15 is 0 Å². The molecule has 0 aliphatic carbocycles. The summed E-state index contributed by atoms with van der Waals surface area (Å²) in [6.45, 7) is 5.15. The van der Waals surface area contributed by atoms with Gasteiger partial charge < -0.3 is 10.1 Å². The first-order chi connectivity index (χ1) is 7.28. The highest BCUT2D eigenvalue weighted by atomic mass is 32.1. The highest BCUT2D eigenvalue weighted by Gasteiger charge is 2.41. The fraction of sp³-hybridized carbons (Fsp3) is 0.667. The standard InChI is InChI=1S/C12H19NOS/c1-10-4-7-15-11(10)12(8-14-9-12)5-3-6-13-2/h4,7,13H,3,5-6,8-9H2,1-2H3. The van der Waals surface area contributed by atoms with Crippen LogP contribution in [-0.4, -0.2) is 26.8 Å². The molecule has 0 amide bonds. The predicted molar refractivity (Wildman–Crippen MR) is 64.7 cm³/mol. The number of hydrogen-bond acceptors (Lipinski definition) is 3. The predicted octanol–water partition coefficient (Wildman–Crippen LogP) is 2.32. The molecule has 1 saturated heterocycles. The molecular formula is C12H19NOS. The quantitative estimate of drug-likeness (QED) is 0.777. The van der Waals surface area contributed by atoms with Crippen molar-refractivity contribution >= 4 is 11.3 Å². The molecule has 1 N–H and O–H groups in total. The summed E-state index contributed by atoms with van der Waals surface area (Å²) in [5, 5.41) is 5.41. The van der Waals surface area contributed by atoms with Gasteiger partial charge in [0.05, 0.1) is 18.6 Å². The van der Waals surface area contributed by atoms with Gasteiger partial charge in [0, 0.05) is 4.88 Å². The first-order valence-electron chi connectivity index (χ1n) is 5.55. The van der Waals surface area contributed by atoms with Crippen molar-refractivity contribution < 1.29 is 4.74 Å². The second-order valence-electron chi connectivity index (χ2n) is 4.41. The molecule has 2 nitrogen and oxygen atoms in total.